The second-order valence-electron chi connectivity index (χ2n) is 5.99. The third-order valence-corrected chi connectivity index (χ3v) is 4.76. The van der Waals surface area contributed by atoms with E-state index in [1.54, 1.807) is 0 Å². The molecule has 0 radical (unpaired) electrons. The predicted octanol–water partition coefficient (Wildman–Crippen LogP) is 1.11. The van der Waals surface area contributed by atoms with E-state index in [0.29, 0.717) is 12.0 Å². The van der Waals surface area contributed by atoms with E-state index in [0.717, 1.165) is 13.1 Å². The Hall–Kier alpha value is -0.610. The van der Waals surface area contributed by atoms with Gasteiger partial charge in [-0.1, -0.05) is 0 Å². The lowest BCUT2D eigenvalue weighted by Crippen LogP contribution is -2.44. The second-order valence-corrected chi connectivity index (χ2v) is 5.99. The van der Waals surface area contributed by atoms with Crippen molar-refractivity contribution in [1.29, 1.82) is 0 Å². The summed E-state index contributed by atoms with van der Waals surface area (Å²) >= 11 is 0. The molecule has 0 aromatic heterocycles. The number of hydrogen-bond acceptors (Lipinski definition) is 4. The standard InChI is InChI=1S/C14H24N2O2/c1-18-14(17)13(11-4-5-11)16-9-6-12(10-16)15-7-2-3-8-15/h11-13H,2-10H2,1H3. The molecule has 1 saturated carbocycles. The molecule has 2 aliphatic heterocycles. The SMILES string of the molecule is COC(=O)C(C1CC1)N1CCC(N2CCCC2)C1. The molecular weight excluding hydrogens is 228 g/mol. The van der Waals surface area contributed by atoms with Crippen LogP contribution in [0.25, 0.3) is 0 Å². The van der Waals surface area contributed by atoms with Crippen molar-refractivity contribution < 1.29 is 9.53 Å². The van der Waals surface area contributed by atoms with Gasteiger partial charge in [0.15, 0.2) is 0 Å². The summed E-state index contributed by atoms with van der Waals surface area (Å²) in [5.74, 6) is 0.550. The lowest BCUT2D eigenvalue weighted by atomic mass is 10.1. The Balaban J connectivity index is 1.60. The van der Waals surface area contributed by atoms with E-state index in [4.69, 9.17) is 4.74 Å². The maximum absolute atomic E-state index is 11.9. The van der Waals surface area contributed by atoms with Crippen LogP contribution in [0.2, 0.25) is 0 Å². The number of ether oxygens (including phenoxy) is 1. The predicted molar refractivity (Wildman–Crippen MR) is 69.3 cm³/mol. The molecule has 1 aliphatic carbocycles. The zero-order valence-corrected chi connectivity index (χ0v) is 11.3. The molecule has 0 amide bonds. The molecule has 18 heavy (non-hydrogen) atoms. The van der Waals surface area contributed by atoms with E-state index in [1.165, 1.54) is 52.3 Å². The molecule has 2 heterocycles. The number of methoxy groups -OCH3 is 1. The fraction of sp³-hybridized carbons (Fsp3) is 0.929. The van der Waals surface area contributed by atoms with Gasteiger partial charge in [-0.3, -0.25) is 14.6 Å². The van der Waals surface area contributed by atoms with E-state index < -0.39 is 0 Å². The van der Waals surface area contributed by atoms with E-state index in [2.05, 4.69) is 9.80 Å². The number of hydrogen-bond donors (Lipinski definition) is 0. The molecule has 0 N–H and O–H groups in total. The molecule has 3 rings (SSSR count). The van der Waals surface area contributed by atoms with Crippen LogP contribution in [0.15, 0.2) is 0 Å². The van der Waals surface area contributed by atoms with Gasteiger partial charge in [0.05, 0.1) is 7.11 Å². The summed E-state index contributed by atoms with van der Waals surface area (Å²) in [4.78, 5) is 16.9. The fourth-order valence-electron chi connectivity index (χ4n) is 3.60. The summed E-state index contributed by atoms with van der Waals surface area (Å²) < 4.78 is 4.99. The highest BCUT2D eigenvalue weighted by Crippen LogP contribution is 2.37. The lowest BCUT2D eigenvalue weighted by Gasteiger charge is -2.27. The van der Waals surface area contributed by atoms with Crippen LogP contribution in [0.5, 0.6) is 0 Å². The average Bonchev–Trinajstić information content (AvgIpc) is 2.89. The number of carbonyl (C=O) groups excluding carboxylic acids is 1. The zero-order chi connectivity index (χ0) is 12.5. The molecule has 2 unspecified atom stereocenters. The molecule has 2 saturated heterocycles. The highest BCUT2D eigenvalue weighted by Gasteiger charge is 2.44. The van der Waals surface area contributed by atoms with Crippen molar-refractivity contribution in [2.45, 2.75) is 44.2 Å². The number of rotatable bonds is 4. The Labute approximate surface area is 109 Å². The van der Waals surface area contributed by atoms with Crippen molar-refractivity contribution in [3.8, 4) is 0 Å². The molecule has 2 atom stereocenters. The molecular formula is C14H24N2O2. The van der Waals surface area contributed by atoms with Crippen LogP contribution in [0.3, 0.4) is 0 Å². The van der Waals surface area contributed by atoms with Gasteiger partial charge in [0, 0.05) is 19.1 Å². The number of esters is 1. The largest absolute Gasteiger partial charge is 0.468 e. The van der Waals surface area contributed by atoms with Gasteiger partial charge in [0.1, 0.15) is 6.04 Å². The lowest BCUT2D eigenvalue weighted by molar-refractivity contribution is -0.147. The first-order valence-electron chi connectivity index (χ1n) is 7.35. The van der Waals surface area contributed by atoms with Crippen molar-refractivity contribution in [3.05, 3.63) is 0 Å². The molecule has 4 heteroatoms. The van der Waals surface area contributed by atoms with Crippen LogP contribution in [0.4, 0.5) is 0 Å². The summed E-state index contributed by atoms with van der Waals surface area (Å²) in [6.07, 6.45) is 6.31. The van der Waals surface area contributed by atoms with Crippen molar-refractivity contribution in [2.24, 2.45) is 5.92 Å². The summed E-state index contributed by atoms with van der Waals surface area (Å²) in [6.45, 7) is 4.64. The maximum Gasteiger partial charge on any atom is 0.323 e. The minimum atomic E-state index is -0.0143. The van der Waals surface area contributed by atoms with Crippen molar-refractivity contribution >= 4 is 5.97 Å². The third-order valence-electron chi connectivity index (χ3n) is 4.76. The van der Waals surface area contributed by atoms with Crippen LogP contribution < -0.4 is 0 Å². The number of likely N-dealkylation sites (tertiary alicyclic amines) is 2. The van der Waals surface area contributed by atoms with Crippen LogP contribution in [-0.4, -0.2) is 61.1 Å². The molecule has 0 aromatic rings. The van der Waals surface area contributed by atoms with Gasteiger partial charge in [-0.05, 0) is 51.1 Å². The van der Waals surface area contributed by atoms with Crippen LogP contribution >= 0.6 is 0 Å². The van der Waals surface area contributed by atoms with Gasteiger partial charge in [-0.25, -0.2) is 0 Å². The number of carbonyl (C=O) groups is 1. The van der Waals surface area contributed by atoms with Crippen molar-refractivity contribution in [3.63, 3.8) is 0 Å². The second kappa shape index (κ2) is 5.17. The van der Waals surface area contributed by atoms with Gasteiger partial charge in [-0.15, -0.1) is 0 Å². The summed E-state index contributed by atoms with van der Waals surface area (Å²) in [6, 6.07) is 0.723. The average molecular weight is 252 g/mol. The maximum atomic E-state index is 11.9. The summed E-state index contributed by atoms with van der Waals surface area (Å²) in [7, 11) is 1.52. The monoisotopic (exact) mass is 252 g/mol. The topological polar surface area (TPSA) is 32.8 Å². The van der Waals surface area contributed by atoms with Gasteiger partial charge in [0.2, 0.25) is 0 Å². The first-order chi connectivity index (χ1) is 8.79. The fourth-order valence-corrected chi connectivity index (χ4v) is 3.60. The Morgan fingerprint density at radius 2 is 1.89 bits per heavy atom. The van der Waals surface area contributed by atoms with E-state index >= 15 is 0 Å². The van der Waals surface area contributed by atoms with Crippen molar-refractivity contribution in [1.82, 2.24) is 9.80 Å². The van der Waals surface area contributed by atoms with E-state index in [9.17, 15) is 4.79 Å². The minimum absolute atomic E-state index is 0.0143. The Kier molecular flexibility index (Phi) is 3.57. The first kappa shape index (κ1) is 12.4. The van der Waals surface area contributed by atoms with Crippen LogP contribution in [0, 0.1) is 5.92 Å². The molecule has 3 fully saturated rings. The van der Waals surface area contributed by atoms with Crippen LogP contribution in [0.1, 0.15) is 32.1 Å². The zero-order valence-electron chi connectivity index (χ0n) is 11.3. The van der Waals surface area contributed by atoms with Gasteiger partial charge >= 0.3 is 5.97 Å². The minimum Gasteiger partial charge on any atom is -0.468 e. The van der Waals surface area contributed by atoms with Crippen molar-refractivity contribution in [2.75, 3.05) is 33.3 Å². The quantitative estimate of drug-likeness (QED) is 0.702. The molecule has 0 aromatic carbocycles. The molecule has 0 bridgehead atoms. The Bertz CT molecular complexity index is 311. The Morgan fingerprint density at radius 1 is 1.17 bits per heavy atom. The Morgan fingerprint density at radius 3 is 2.50 bits per heavy atom. The molecule has 0 spiro atoms. The highest BCUT2D eigenvalue weighted by molar-refractivity contribution is 5.76. The summed E-state index contributed by atoms with van der Waals surface area (Å²) in [5, 5.41) is 0. The van der Waals surface area contributed by atoms with E-state index in [1.807, 2.05) is 0 Å². The first-order valence-corrected chi connectivity index (χ1v) is 7.35. The molecule has 3 aliphatic rings. The van der Waals surface area contributed by atoms with Gasteiger partial charge in [0.25, 0.3) is 0 Å². The van der Waals surface area contributed by atoms with E-state index in [-0.39, 0.29) is 12.0 Å². The molecule has 4 nitrogen and oxygen atoms in total. The number of nitrogens with zero attached hydrogens (tertiary/aromatic N) is 2. The highest BCUT2D eigenvalue weighted by atomic mass is 16.5. The third kappa shape index (κ3) is 2.41. The smallest absolute Gasteiger partial charge is 0.323 e. The van der Waals surface area contributed by atoms with Gasteiger partial charge < -0.3 is 4.74 Å². The van der Waals surface area contributed by atoms with Gasteiger partial charge in [-0.2, -0.15) is 0 Å². The summed E-state index contributed by atoms with van der Waals surface area (Å²) in [5.41, 5.74) is 0. The molecule has 102 valence electrons. The van der Waals surface area contributed by atoms with Crippen LogP contribution in [-0.2, 0) is 9.53 Å². The normalized spacial score (nSPS) is 31.7.